The van der Waals surface area contributed by atoms with Gasteiger partial charge in [-0.3, -0.25) is 11.3 Å². The lowest BCUT2D eigenvalue weighted by Gasteiger charge is -2.25. The SMILES string of the molecule is Cc1cc(C(F)(F)F)ccc1C(NN)C(C)C1CC1. The maximum atomic E-state index is 12.6. The number of rotatable bonds is 4. The van der Waals surface area contributed by atoms with Crippen molar-refractivity contribution < 1.29 is 13.2 Å². The Morgan fingerprint density at radius 3 is 2.37 bits per heavy atom. The third kappa shape index (κ3) is 3.09. The maximum Gasteiger partial charge on any atom is 0.416 e. The van der Waals surface area contributed by atoms with Crippen LogP contribution in [-0.2, 0) is 6.18 Å². The number of hydrogen-bond donors (Lipinski definition) is 2. The van der Waals surface area contributed by atoms with Crippen LogP contribution in [0.1, 0.15) is 42.5 Å². The first-order valence-corrected chi connectivity index (χ1v) is 6.48. The minimum Gasteiger partial charge on any atom is -0.271 e. The smallest absolute Gasteiger partial charge is 0.271 e. The zero-order chi connectivity index (χ0) is 14.2. The Hall–Kier alpha value is -1.07. The van der Waals surface area contributed by atoms with Crippen LogP contribution in [-0.4, -0.2) is 0 Å². The van der Waals surface area contributed by atoms with Gasteiger partial charge in [0.1, 0.15) is 0 Å². The molecule has 2 nitrogen and oxygen atoms in total. The summed E-state index contributed by atoms with van der Waals surface area (Å²) >= 11 is 0. The molecule has 0 aliphatic heterocycles. The Bertz CT molecular complexity index is 452. The monoisotopic (exact) mass is 272 g/mol. The quantitative estimate of drug-likeness (QED) is 0.649. The van der Waals surface area contributed by atoms with Crippen molar-refractivity contribution in [2.24, 2.45) is 17.7 Å². The molecule has 1 aromatic rings. The normalized spacial score (nSPS) is 19.3. The second-order valence-electron chi connectivity index (χ2n) is 5.41. The number of benzene rings is 1. The highest BCUT2D eigenvalue weighted by Crippen LogP contribution is 2.43. The third-order valence-electron chi connectivity index (χ3n) is 4.00. The largest absolute Gasteiger partial charge is 0.416 e. The summed E-state index contributed by atoms with van der Waals surface area (Å²) in [5.74, 6) is 6.55. The van der Waals surface area contributed by atoms with Gasteiger partial charge in [0.05, 0.1) is 5.56 Å². The summed E-state index contributed by atoms with van der Waals surface area (Å²) in [6.07, 6.45) is -1.94. The molecule has 1 fully saturated rings. The van der Waals surface area contributed by atoms with Crippen LogP contribution in [0.15, 0.2) is 18.2 Å². The summed E-state index contributed by atoms with van der Waals surface area (Å²) in [6, 6.07) is 3.78. The number of nitrogens with two attached hydrogens (primary N) is 1. The fourth-order valence-corrected chi connectivity index (χ4v) is 2.62. The zero-order valence-electron chi connectivity index (χ0n) is 11.1. The van der Waals surface area contributed by atoms with Gasteiger partial charge >= 0.3 is 6.18 Å². The van der Waals surface area contributed by atoms with Crippen LogP contribution < -0.4 is 11.3 Å². The zero-order valence-corrected chi connectivity index (χ0v) is 11.1. The summed E-state index contributed by atoms with van der Waals surface area (Å²) < 4.78 is 37.9. The summed E-state index contributed by atoms with van der Waals surface area (Å²) in [5, 5.41) is 0. The van der Waals surface area contributed by atoms with Gasteiger partial charge in [-0.05, 0) is 54.9 Å². The highest BCUT2D eigenvalue weighted by molar-refractivity contribution is 5.35. The summed E-state index contributed by atoms with van der Waals surface area (Å²) in [4.78, 5) is 0. The van der Waals surface area contributed by atoms with E-state index in [0.29, 0.717) is 17.4 Å². The molecule has 0 aromatic heterocycles. The van der Waals surface area contributed by atoms with Crippen molar-refractivity contribution in [1.29, 1.82) is 0 Å². The van der Waals surface area contributed by atoms with E-state index in [1.54, 1.807) is 13.0 Å². The Morgan fingerprint density at radius 2 is 1.95 bits per heavy atom. The van der Waals surface area contributed by atoms with E-state index in [1.165, 1.54) is 18.9 Å². The Kier molecular flexibility index (Phi) is 3.87. The molecule has 1 saturated carbocycles. The molecule has 0 saturated heterocycles. The summed E-state index contributed by atoms with van der Waals surface area (Å²) in [5.41, 5.74) is 3.64. The van der Waals surface area contributed by atoms with E-state index >= 15 is 0 Å². The Balaban J connectivity index is 2.28. The summed E-state index contributed by atoms with van der Waals surface area (Å²) in [7, 11) is 0. The summed E-state index contributed by atoms with van der Waals surface area (Å²) in [6.45, 7) is 3.80. The molecule has 2 unspecified atom stereocenters. The molecule has 1 aliphatic rings. The molecule has 0 radical (unpaired) electrons. The van der Waals surface area contributed by atoms with Gasteiger partial charge in [0.15, 0.2) is 0 Å². The Morgan fingerprint density at radius 1 is 1.32 bits per heavy atom. The van der Waals surface area contributed by atoms with Crippen molar-refractivity contribution in [1.82, 2.24) is 5.43 Å². The standard InChI is InChI=1S/C14H19F3N2/c1-8-7-11(14(15,16)17)5-6-12(8)13(19-18)9(2)10-3-4-10/h5-7,9-10,13,19H,3-4,18H2,1-2H3. The van der Waals surface area contributed by atoms with Gasteiger partial charge in [-0.2, -0.15) is 13.2 Å². The van der Waals surface area contributed by atoms with Gasteiger partial charge in [0, 0.05) is 6.04 Å². The van der Waals surface area contributed by atoms with E-state index in [9.17, 15) is 13.2 Å². The van der Waals surface area contributed by atoms with Crippen LogP contribution >= 0.6 is 0 Å². The average Bonchev–Trinajstić information content (AvgIpc) is 3.14. The molecule has 1 aromatic carbocycles. The van der Waals surface area contributed by atoms with Crippen LogP contribution in [0.5, 0.6) is 0 Å². The van der Waals surface area contributed by atoms with Crippen LogP contribution in [0.2, 0.25) is 0 Å². The molecule has 0 spiro atoms. The second-order valence-corrected chi connectivity index (χ2v) is 5.41. The molecule has 0 heterocycles. The van der Waals surface area contributed by atoms with E-state index < -0.39 is 11.7 Å². The van der Waals surface area contributed by atoms with E-state index in [2.05, 4.69) is 12.3 Å². The number of hydrogen-bond acceptors (Lipinski definition) is 2. The lowest BCUT2D eigenvalue weighted by Crippen LogP contribution is -2.34. The molecule has 2 rings (SSSR count). The fraction of sp³-hybridized carbons (Fsp3) is 0.571. The van der Waals surface area contributed by atoms with Crippen molar-refractivity contribution in [2.75, 3.05) is 0 Å². The highest BCUT2D eigenvalue weighted by atomic mass is 19.4. The molecular weight excluding hydrogens is 253 g/mol. The first kappa shape index (κ1) is 14.3. The lowest BCUT2D eigenvalue weighted by atomic mass is 9.88. The van der Waals surface area contributed by atoms with Crippen molar-refractivity contribution in [3.63, 3.8) is 0 Å². The van der Waals surface area contributed by atoms with E-state index in [1.807, 2.05) is 0 Å². The lowest BCUT2D eigenvalue weighted by molar-refractivity contribution is -0.137. The van der Waals surface area contributed by atoms with Gasteiger partial charge in [0.25, 0.3) is 0 Å². The van der Waals surface area contributed by atoms with Crippen molar-refractivity contribution in [3.05, 3.63) is 34.9 Å². The predicted octanol–water partition coefficient (Wildman–Crippen LogP) is 3.56. The van der Waals surface area contributed by atoms with Gasteiger partial charge in [-0.25, -0.2) is 0 Å². The number of nitrogens with one attached hydrogen (secondary N) is 1. The van der Waals surface area contributed by atoms with Crippen molar-refractivity contribution in [3.8, 4) is 0 Å². The van der Waals surface area contributed by atoms with E-state index in [4.69, 9.17) is 5.84 Å². The fourth-order valence-electron chi connectivity index (χ4n) is 2.62. The molecule has 2 atom stereocenters. The van der Waals surface area contributed by atoms with Gasteiger partial charge in [-0.1, -0.05) is 13.0 Å². The van der Waals surface area contributed by atoms with Crippen LogP contribution in [0, 0.1) is 18.8 Å². The number of alkyl halides is 3. The minimum atomic E-state index is -4.29. The molecule has 0 bridgehead atoms. The second kappa shape index (κ2) is 5.13. The molecule has 106 valence electrons. The first-order valence-electron chi connectivity index (χ1n) is 6.48. The maximum absolute atomic E-state index is 12.6. The Labute approximate surface area is 111 Å². The predicted molar refractivity (Wildman–Crippen MR) is 68.1 cm³/mol. The number of aryl methyl sites for hydroxylation is 1. The molecule has 5 heteroatoms. The van der Waals surface area contributed by atoms with Gasteiger partial charge in [-0.15, -0.1) is 0 Å². The van der Waals surface area contributed by atoms with Crippen molar-refractivity contribution in [2.45, 2.75) is 38.9 Å². The van der Waals surface area contributed by atoms with Crippen LogP contribution in [0.4, 0.5) is 13.2 Å². The van der Waals surface area contributed by atoms with Crippen LogP contribution in [0.3, 0.4) is 0 Å². The first-order chi connectivity index (χ1) is 8.84. The van der Waals surface area contributed by atoms with Crippen LogP contribution in [0.25, 0.3) is 0 Å². The molecular formula is C14H19F3N2. The molecule has 19 heavy (non-hydrogen) atoms. The van der Waals surface area contributed by atoms with Gasteiger partial charge in [0.2, 0.25) is 0 Å². The number of halogens is 3. The van der Waals surface area contributed by atoms with E-state index in [0.717, 1.165) is 11.6 Å². The van der Waals surface area contributed by atoms with Gasteiger partial charge < -0.3 is 0 Å². The molecule has 3 N–H and O–H groups in total. The molecule has 0 amide bonds. The highest BCUT2D eigenvalue weighted by Gasteiger charge is 2.35. The average molecular weight is 272 g/mol. The van der Waals surface area contributed by atoms with Crippen molar-refractivity contribution >= 4 is 0 Å². The molecule has 1 aliphatic carbocycles. The van der Waals surface area contributed by atoms with E-state index in [-0.39, 0.29) is 6.04 Å². The number of hydrazine groups is 1. The topological polar surface area (TPSA) is 38.0 Å². The minimum absolute atomic E-state index is 0.0882. The third-order valence-corrected chi connectivity index (χ3v) is 4.00.